The van der Waals surface area contributed by atoms with Gasteiger partial charge in [-0.3, -0.25) is 4.98 Å². The zero-order chi connectivity index (χ0) is 18.9. The molecule has 1 aromatic carbocycles. The lowest BCUT2D eigenvalue weighted by atomic mass is 10.1. The van der Waals surface area contributed by atoms with Gasteiger partial charge in [0.05, 0.1) is 22.7 Å². The Bertz CT molecular complexity index is 1050. The average Bonchev–Trinajstić information content (AvgIpc) is 2.80. The smallest absolute Gasteiger partial charge is 0.255 e. The Hall–Kier alpha value is -2.64. The van der Waals surface area contributed by atoms with Gasteiger partial charge in [0.2, 0.25) is 0 Å². The minimum atomic E-state index is -3.52. The van der Waals surface area contributed by atoms with Crippen molar-refractivity contribution in [3.05, 3.63) is 71.7 Å². The van der Waals surface area contributed by atoms with Crippen molar-refractivity contribution in [1.82, 2.24) is 9.88 Å². The van der Waals surface area contributed by atoms with Crippen LogP contribution in [0.3, 0.4) is 0 Å². The number of benzene rings is 1. The highest BCUT2D eigenvalue weighted by molar-refractivity contribution is 7.90. The molecule has 0 amide bonds. The fourth-order valence-corrected chi connectivity index (χ4v) is 4.16. The molecule has 4 rings (SSSR count). The average molecular weight is 402 g/mol. The summed E-state index contributed by atoms with van der Waals surface area (Å²) < 4.78 is 33.9. The maximum Gasteiger partial charge on any atom is 0.255 e. The highest BCUT2D eigenvalue weighted by Crippen LogP contribution is 2.29. The third-order valence-electron chi connectivity index (χ3n) is 4.09. The van der Waals surface area contributed by atoms with Gasteiger partial charge in [0.25, 0.3) is 10.0 Å². The van der Waals surface area contributed by atoms with Crippen molar-refractivity contribution in [2.45, 2.75) is 6.42 Å². The predicted octanol–water partition coefficient (Wildman–Crippen LogP) is 3.79. The van der Waals surface area contributed by atoms with Gasteiger partial charge < -0.3 is 9.64 Å². The molecule has 6 nitrogen and oxygen atoms in total. The van der Waals surface area contributed by atoms with E-state index in [2.05, 4.69) is 9.38 Å². The molecule has 3 heterocycles. The fraction of sp³-hybridized carbons (Fsp3) is 0.158. The first kappa shape index (κ1) is 17.8. The van der Waals surface area contributed by atoms with Gasteiger partial charge in [-0.15, -0.1) is 4.40 Å². The van der Waals surface area contributed by atoms with Crippen LogP contribution in [0.15, 0.2) is 70.4 Å². The summed E-state index contributed by atoms with van der Waals surface area (Å²) in [5.41, 5.74) is 1.14. The molecule has 0 atom stereocenters. The third kappa shape index (κ3) is 4.04. The maximum absolute atomic E-state index is 12.1. The number of aromatic nitrogens is 1. The molecule has 0 N–H and O–H groups in total. The molecule has 0 fully saturated rings. The summed E-state index contributed by atoms with van der Waals surface area (Å²) in [6, 6.07) is 12.9. The van der Waals surface area contributed by atoms with Crippen molar-refractivity contribution in [2.24, 2.45) is 4.40 Å². The molecule has 0 radical (unpaired) electrons. The second kappa shape index (κ2) is 7.17. The van der Waals surface area contributed by atoms with Crippen LogP contribution < -0.4 is 4.74 Å². The van der Waals surface area contributed by atoms with E-state index in [4.69, 9.17) is 16.3 Å². The zero-order valence-corrected chi connectivity index (χ0v) is 15.8. The molecule has 138 valence electrons. The van der Waals surface area contributed by atoms with E-state index in [1.165, 1.54) is 0 Å². The van der Waals surface area contributed by atoms with Gasteiger partial charge >= 0.3 is 0 Å². The van der Waals surface area contributed by atoms with Crippen LogP contribution in [-0.4, -0.2) is 36.4 Å². The van der Waals surface area contributed by atoms with Crippen molar-refractivity contribution in [1.29, 1.82) is 0 Å². The standard InChI is InChI=1S/C19H16ClN3O3S/c20-14-11-17(19-22-27(24,25)10-4-9-23(19)13-14)18-8-7-16(12-21-18)26-15-5-2-1-3-6-15/h1-3,5-8,11-13H,4,9-10H2. The van der Waals surface area contributed by atoms with Crippen LogP contribution in [0.5, 0.6) is 11.5 Å². The summed E-state index contributed by atoms with van der Waals surface area (Å²) in [6.45, 7) is 0.529. The Kier molecular flexibility index (Phi) is 4.72. The van der Waals surface area contributed by atoms with Crippen molar-refractivity contribution in [3.63, 3.8) is 0 Å². The Labute approximate surface area is 162 Å². The first-order chi connectivity index (χ1) is 13.0. The third-order valence-corrected chi connectivity index (χ3v) is 5.55. The summed E-state index contributed by atoms with van der Waals surface area (Å²) in [5, 5.41) is 0.495. The number of halogens is 1. The Morgan fingerprint density at radius 2 is 1.89 bits per heavy atom. The molecule has 2 aliphatic rings. The maximum atomic E-state index is 12.1. The second-order valence-corrected chi connectivity index (χ2v) is 8.31. The molecule has 27 heavy (non-hydrogen) atoms. The molecule has 0 spiro atoms. The van der Waals surface area contributed by atoms with Gasteiger partial charge in [0.15, 0.2) is 5.84 Å². The Morgan fingerprint density at radius 3 is 2.63 bits per heavy atom. The number of para-hydroxylation sites is 1. The van der Waals surface area contributed by atoms with Crippen molar-refractivity contribution < 1.29 is 13.2 Å². The SMILES string of the molecule is O=S1(=O)CCCN2C=C(Cl)C=C(c3ccc(Oc4ccccc4)cn3)C2=N1. The minimum Gasteiger partial charge on any atom is -0.456 e. The van der Waals surface area contributed by atoms with E-state index >= 15 is 0 Å². The summed E-state index contributed by atoms with van der Waals surface area (Å²) >= 11 is 6.23. The lowest BCUT2D eigenvalue weighted by Gasteiger charge is -2.25. The van der Waals surface area contributed by atoms with Crippen molar-refractivity contribution in [2.75, 3.05) is 12.3 Å². The van der Waals surface area contributed by atoms with E-state index in [9.17, 15) is 8.42 Å². The number of rotatable bonds is 3. The Morgan fingerprint density at radius 1 is 1.07 bits per heavy atom. The van der Waals surface area contributed by atoms with Crippen LogP contribution in [0.1, 0.15) is 12.1 Å². The van der Waals surface area contributed by atoms with Crippen molar-refractivity contribution >= 4 is 33.0 Å². The number of allylic oxidation sites excluding steroid dienone is 2. The van der Waals surface area contributed by atoms with Crippen molar-refractivity contribution in [3.8, 4) is 11.5 Å². The fourth-order valence-electron chi connectivity index (χ4n) is 2.88. The first-order valence-electron chi connectivity index (χ1n) is 8.38. The lowest BCUT2D eigenvalue weighted by molar-refractivity contribution is 0.480. The van der Waals surface area contributed by atoms with E-state index in [1.54, 1.807) is 35.5 Å². The van der Waals surface area contributed by atoms with Crippen LogP contribution in [0.25, 0.3) is 5.57 Å². The molecule has 0 bridgehead atoms. The normalized spacial score (nSPS) is 18.6. The van der Waals surface area contributed by atoms with Gasteiger partial charge in [0, 0.05) is 18.3 Å². The summed E-state index contributed by atoms with van der Waals surface area (Å²) in [6.07, 6.45) is 5.45. The molecule has 0 saturated carbocycles. The van der Waals surface area contributed by atoms with E-state index in [0.29, 0.717) is 46.6 Å². The first-order valence-corrected chi connectivity index (χ1v) is 10.4. The monoisotopic (exact) mass is 401 g/mol. The molecule has 0 saturated heterocycles. The van der Waals surface area contributed by atoms with Crippen LogP contribution in [0.2, 0.25) is 0 Å². The Balaban J connectivity index is 1.67. The summed E-state index contributed by atoms with van der Waals surface area (Å²) in [4.78, 5) is 6.18. The second-order valence-electron chi connectivity index (χ2n) is 6.11. The number of fused-ring (bicyclic) bond motifs is 1. The number of pyridine rings is 1. The number of hydrogen-bond donors (Lipinski definition) is 0. The van der Waals surface area contributed by atoms with Gasteiger partial charge in [-0.05, 0) is 36.8 Å². The largest absolute Gasteiger partial charge is 0.456 e. The molecule has 1 aromatic heterocycles. The van der Waals surface area contributed by atoms with Gasteiger partial charge in [-0.25, -0.2) is 8.42 Å². The number of amidine groups is 1. The van der Waals surface area contributed by atoms with Crippen LogP contribution in [0, 0.1) is 0 Å². The van der Waals surface area contributed by atoms with Gasteiger partial charge in [-0.2, -0.15) is 0 Å². The molecule has 0 unspecified atom stereocenters. The topological polar surface area (TPSA) is 71.9 Å². The van der Waals surface area contributed by atoms with E-state index < -0.39 is 10.0 Å². The predicted molar refractivity (Wildman–Crippen MR) is 105 cm³/mol. The van der Waals surface area contributed by atoms with Crippen LogP contribution in [0.4, 0.5) is 0 Å². The molecule has 8 heteroatoms. The van der Waals surface area contributed by atoms with E-state index in [-0.39, 0.29) is 5.75 Å². The van der Waals surface area contributed by atoms with E-state index in [1.807, 2.05) is 30.3 Å². The highest BCUT2D eigenvalue weighted by atomic mass is 35.5. The highest BCUT2D eigenvalue weighted by Gasteiger charge is 2.27. The summed E-state index contributed by atoms with van der Waals surface area (Å²) in [7, 11) is -3.52. The number of ether oxygens (including phenoxy) is 1. The van der Waals surface area contributed by atoms with Gasteiger partial charge in [0.1, 0.15) is 11.5 Å². The van der Waals surface area contributed by atoms with Crippen LogP contribution >= 0.6 is 11.6 Å². The summed E-state index contributed by atoms with van der Waals surface area (Å²) in [5.74, 6) is 1.65. The molecule has 2 aromatic rings. The number of sulfonamides is 1. The van der Waals surface area contributed by atoms with Crippen LogP contribution in [-0.2, 0) is 10.0 Å². The van der Waals surface area contributed by atoms with E-state index in [0.717, 1.165) is 0 Å². The lowest BCUT2D eigenvalue weighted by Crippen LogP contribution is -2.29. The quantitative estimate of drug-likeness (QED) is 0.782. The number of hydrogen-bond acceptors (Lipinski definition) is 5. The zero-order valence-electron chi connectivity index (χ0n) is 14.2. The number of nitrogens with zero attached hydrogens (tertiary/aromatic N) is 3. The molecular formula is C19H16ClN3O3S. The minimum absolute atomic E-state index is 0.0169. The molecular weight excluding hydrogens is 386 g/mol. The molecule has 2 aliphatic heterocycles. The van der Waals surface area contributed by atoms with Gasteiger partial charge in [-0.1, -0.05) is 29.8 Å². The molecule has 0 aliphatic carbocycles.